The summed E-state index contributed by atoms with van der Waals surface area (Å²) < 4.78 is 4.42. The predicted molar refractivity (Wildman–Crippen MR) is 88.7 cm³/mol. The maximum atomic E-state index is 6.13. The van der Waals surface area contributed by atoms with Crippen LogP contribution < -0.4 is 0 Å². The number of aromatic nitrogens is 2. The van der Waals surface area contributed by atoms with Gasteiger partial charge >= 0.3 is 0 Å². The maximum Gasteiger partial charge on any atom is 0.195 e. The van der Waals surface area contributed by atoms with E-state index < -0.39 is 0 Å². The van der Waals surface area contributed by atoms with E-state index >= 15 is 0 Å². The Labute approximate surface area is 132 Å². The summed E-state index contributed by atoms with van der Waals surface area (Å²) in [6, 6.07) is 14.2. The van der Waals surface area contributed by atoms with Crippen molar-refractivity contribution in [3.05, 3.63) is 58.2 Å². The third-order valence-corrected chi connectivity index (χ3v) is 5.03. The molecule has 0 fully saturated rings. The van der Waals surface area contributed by atoms with Gasteiger partial charge in [-0.1, -0.05) is 51.0 Å². The molecular weight excluding hydrogens is 356 g/mol. The van der Waals surface area contributed by atoms with Crippen LogP contribution in [0.25, 0.3) is 26.4 Å². The van der Waals surface area contributed by atoms with Gasteiger partial charge in [-0.2, -0.15) is 0 Å². The summed E-state index contributed by atoms with van der Waals surface area (Å²) in [6.07, 6.45) is 1.91. The molecule has 2 nitrogen and oxygen atoms in total. The van der Waals surface area contributed by atoms with Gasteiger partial charge in [0.15, 0.2) is 4.96 Å². The number of nitrogens with zero attached hydrogens (tertiary/aromatic N) is 2. The van der Waals surface area contributed by atoms with E-state index in [4.69, 9.17) is 11.6 Å². The minimum absolute atomic E-state index is 0.743. The number of thiazole rings is 1. The standard InChI is InChI=1S/C15H8BrClN2S/c16-10-3-1-9(2-4-10)13-8-18-15-19(13)12-7-11(17)5-6-14(12)20-15/h1-8H. The fourth-order valence-electron chi connectivity index (χ4n) is 2.31. The molecule has 4 aromatic rings. The second-order valence-electron chi connectivity index (χ2n) is 4.48. The summed E-state index contributed by atoms with van der Waals surface area (Å²) in [4.78, 5) is 5.50. The summed E-state index contributed by atoms with van der Waals surface area (Å²) in [5.41, 5.74) is 3.33. The van der Waals surface area contributed by atoms with Crippen molar-refractivity contribution in [2.24, 2.45) is 0 Å². The first-order chi connectivity index (χ1) is 9.72. The molecule has 4 rings (SSSR count). The van der Waals surface area contributed by atoms with Crippen molar-refractivity contribution in [1.82, 2.24) is 9.38 Å². The minimum Gasteiger partial charge on any atom is -0.283 e. The third-order valence-electron chi connectivity index (χ3n) is 3.23. The van der Waals surface area contributed by atoms with Crippen LogP contribution in [0.15, 0.2) is 53.1 Å². The molecule has 0 aliphatic heterocycles. The Balaban J connectivity index is 2.06. The van der Waals surface area contributed by atoms with Gasteiger partial charge in [-0.15, -0.1) is 0 Å². The van der Waals surface area contributed by atoms with Crippen LogP contribution in [0.1, 0.15) is 0 Å². The highest BCUT2D eigenvalue weighted by atomic mass is 79.9. The van der Waals surface area contributed by atoms with E-state index in [2.05, 4.69) is 37.4 Å². The van der Waals surface area contributed by atoms with Gasteiger partial charge in [-0.05, 0) is 30.3 Å². The second-order valence-corrected chi connectivity index (χ2v) is 6.84. The predicted octanol–water partition coefficient (Wildman–Crippen LogP) is 5.63. The fraction of sp³-hybridized carbons (Fsp3) is 0. The first-order valence-electron chi connectivity index (χ1n) is 6.04. The molecule has 0 unspecified atom stereocenters. The molecule has 5 heteroatoms. The van der Waals surface area contributed by atoms with Gasteiger partial charge in [0.1, 0.15) is 0 Å². The molecule has 0 aliphatic carbocycles. The third kappa shape index (κ3) is 1.87. The maximum absolute atomic E-state index is 6.13. The SMILES string of the molecule is Clc1ccc2sc3ncc(-c4ccc(Br)cc4)n3c2c1. The molecule has 0 amide bonds. The topological polar surface area (TPSA) is 17.3 Å². The van der Waals surface area contributed by atoms with E-state index in [0.717, 1.165) is 31.2 Å². The molecule has 2 heterocycles. The highest BCUT2D eigenvalue weighted by molar-refractivity contribution is 9.10. The van der Waals surface area contributed by atoms with Crippen LogP contribution in [-0.2, 0) is 0 Å². The van der Waals surface area contributed by atoms with Crippen molar-refractivity contribution in [3.63, 3.8) is 0 Å². The zero-order valence-electron chi connectivity index (χ0n) is 10.2. The van der Waals surface area contributed by atoms with Gasteiger partial charge < -0.3 is 0 Å². The first-order valence-corrected chi connectivity index (χ1v) is 8.02. The van der Waals surface area contributed by atoms with Crippen LogP contribution in [0.2, 0.25) is 5.02 Å². The number of halogens is 2. The molecule has 0 atom stereocenters. The van der Waals surface area contributed by atoms with Gasteiger partial charge in [-0.3, -0.25) is 4.40 Å². The van der Waals surface area contributed by atoms with E-state index in [-0.39, 0.29) is 0 Å². The summed E-state index contributed by atoms with van der Waals surface area (Å²) in [7, 11) is 0. The Morgan fingerprint density at radius 1 is 1.10 bits per heavy atom. The lowest BCUT2D eigenvalue weighted by Gasteiger charge is -2.01. The molecular formula is C15H8BrClN2S. The number of hydrogen-bond donors (Lipinski definition) is 0. The summed E-state index contributed by atoms with van der Waals surface area (Å²) in [5.74, 6) is 0. The minimum atomic E-state index is 0.743. The van der Waals surface area contributed by atoms with Crippen molar-refractivity contribution >= 4 is 54.0 Å². The van der Waals surface area contributed by atoms with Crippen LogP contribution in [0.3, 0.4) is 0 Å². The van der Waals surface area contributed by atoms with Crippen molar-refractivity contribution in [2.45, 2.75) is 0 Å². The van der Waals surface area contributed by atoms with Crippen molar-refractivity contribution < 1.29 is 0 Å². The Kier molecular flexibility index (Phi) is 2.84. The number of fused-ring (bicyclic) bond motifs is 3. The lowest BCUT2D eigenvalue weighted by molar-refractivity contribution is 1.29. The second kappa shape index (κ2) is 4.58. The van der Waals surface area contributed by atoms with E-state index in [0.29, 0.717) is 0 Å². The van der Waals surface area contributed by atoms with E-state index in [1.54, 1.807) is 11.3 Å². The van der Waals surface area contributed by atoms with Crippen LogP contribution in [0.5, 0.6) is 0 Å². The summed E-state index contributed by atoms with van der Waals surface area (Å²) in [6.45, 7) is 0. The summed E-state index contributed by atoms with van der Waals surface area (Å²) >= 11 is 11.3. The molecule has 98 valence electrons. The smallest absolute Gasteiger partial charge is 0.195 e. The average Bonchev–Trinajstić information content (AvgIpc) is 2.99. The molecule has 0 radical (unpaired) electrons. The quantitative estimate of drug-likeness (QED) is 0.428. The normalized spacial score (nSPS) is 11.5. The Bertz CT molecular complexity index is 924. The monoisotopic (exact) mass is 362 g/mol. The highest BCUT2D eigenvalue weighted by Gasteiger charge is 2.12. The molecule has 20 heavy (non-hydrogen) atoms. The van der Waals surface area contributed by atoms with Gasteiger partial charge in [0.05, 0.1) is 22.1 Å². The molecule has 0 saturated heterocycles. The summed E-state index contributed by atoms with van der Waals surface area (Å²) in [5, 5.41) is 0.743. The van der Waals surface area contributed by atoms with E-state index in [1.807, 2.05) is 36.5 Å². The lowest BCUT2D eigenvalue weighted by Crippen LogP contribution is -1.85. The zero-order valence-corrected chi connectivity index (χ0v) is 13.3. The van der Waals surface area contributed by atoms with Crippen LogP contribution in [0, 0.1) is 0 Å². The number of rotatable bonds is 1. The fourth-order valence-corrected chi connectivity index (χ4v) is 3.73. The van der Waals surface area contributed by atoms with Crippen LogP contribution in [-0.4, -0.2) is 9.38 Å². The van der Waals surface area contributed by atoms with Crippen molar-refractivity contribution in [3.8, 4) is 11.3 Å². The first kappa shape index (κ1) is 12.4. The van der Waals surface area contributed by atoms with Gasteiger partial charge in [0, 0.05) is 15.1 Å². The Morgan fingerprint density at radius 3 is 2.70 bits per heavy atom. The van der Waals surface area contributed by atoms with Crippen LogP contribution in [0.4, 0.5) is 0 Å². The molecule has 2 aromatic carbocycles. The number of imidazole rings is 1. The zero-order chi connectivity index (χ0) is 13.7. The molecule has 0 aliphatic rings. The lowest BCUT2D eigenvalue weighted by atomic mass is 10.2. The molecule has 0 saturated carbocycles. The van der Waals surface area contributed by atoms with Gasteiger partial charge in [-0.25, -0.2) is 4.98 Å². The van der Waals surface area contributed by atoms with Gasteiger partial charge in [0.25, 0.3) is 0 Å². The van der Waals surface area contributed by atoms with E-state index in [1.165, 1.54) is 4.70 Å². The van der Waals surface area contributed by atoms with Crippen molar-refractivity contribution in [2.75, 3.05) is 0 Å². The van der Waals surface area contributed by atoms with Crippen molar-refractivity contribution in [1.29, 1.82) is 0 Å². The highest BCUT2D eigenvalue weighted by Crippen LogP contribution is 2.33. The number of hydrogen-bond acceptors (Lipinski definition) is 2. The molecule has 0 bridgehead atoms. The Morgan fingerprint density at radius 2 is 1.90 bits per heavy atom. The largest absolute Gasteiger partial charge is 0.283 e. The molecule has 0 N–H and O–H groups in total. The van der Waals surface area contributed by atoms with Gasteiger partial charge in [0.2, 0.25) is 0 Å². The van der Waals surface area contributed by atoms with Crippen LogP contribution >= 0.6 is 38.9 Å². The molecule has 2 aromatic heterocycles. The average molecular weight is 364 g/mol. The van der Waals surface area contributed by atoms with E-state index in [9.17, 15) is 0 Å². The Hall–Kier alpha value is -1.36. The molecule has 0 spiro atoms. The number of benzene rings is 2.